The second kappa shape index (κ2) is 7.68. The number of dihydropyridines is 1. The first-order valence-electron chi connectivity index (χ1n) is 7.05. The zero-order chi connectivity index (χ0) is 20.4. The average molecular weight is 406 g/mol. The Hall–Kier alpha value is -2.04. The number of rotatable bonds is 6. The summed E-state index contributed by atoms with van der Waals surface area (Å²) in [5.41, 5.74) is -7.37. The van der Waals surface area contributed by atoms with Crippen molar-refractivity contribution >= 4 is 34.5 Å². The minimum Gasteiger partial charge on any atom is -0.480 e. The van der Waals surface area contributed by atoms with Gasteiger partial charge >= 0.3 is 18.1 Å². The largest absolute Gasteiger partial charge is 0.480 e. The number of ether oxygens (including phenoxy) is 1. The first-order valence-corrected chi connectivity index (χ1v) is 7.43. The molecular weight excluding hydrogens is 393 g/mol. The number of aliphatic imine (C=N–C) groups is 1. The Morgan fingerprint density at radius 2 is 1.88 bits per heavy atom. The molecule has 2 atom stereocenters. The zero-order valence-electron chi connectivity index (χ0n) is 13.4. The van der Waals surface area contributed by atoms with E-state index < -0.39 is 64.5 Å². The molecule has 1 aliphatic rings. The molecule has 0 saturated heterocycles. The third kappa shape index (κ3) is 3.44. The van der Waals surface area contributed by atoms with Gasteiger partial charge in [0, 0.05) is 0 Å². The van der Waals surface area contributed by atoms with E-state index in [0.29, 0.717) is 7.11 Å². The molecule has 2 unspecified atom stereocenters. The molecule has 1 rings (SSSR count). The van der Waals surface area contributed by atoms with Gasteiger partial charge in [-0.3, -0.25) is 19.4 Å². The van der Waals surface area contributed by atoms with Gasteiger partial charge in [-0.1, -0.05) is 13.3 Å². The van der Waals surface area contributed by atoms with Gasteiger partial charge in [-0.15, -0.1) is 0 Å². The Balaban J connectivity index is 4.10. The van der Waals surface area contributed by atoms with E-state index >= 15 is 0 Å². The van der Waals surface area contributed by atoms with Crippen molar-refractivity contribution < 1.29 is 46.2 Å². The summed E-state index contributed by atoms with van der Waals surface area (Å²) in [5, 5.41) is 7.85. The molecule has 6 nitrogen and oxygen atoms in total. The van der Waals surface area contributed by atoms with Gasteiger partial charge in [0.25, 0.3) is 11.7 Å². The van der Waals surface area contributed by atoms with Crippen LogP contribution in [0.3, 0.4) is 0 Å². The summed E-state index contributed by atoms with van der Waals surface area (Å²) in [6, 6.07) is -3.41. The Kier molecular flexibility index (Phi) is 6.50. The van der Waals surface area contributed by atoms with Crippen LogP contribution in [0.15, 0.2) is 16.1 Å². The molecule has 1 N–H and O–H groups in total. The number of nitrogens with zero attached hydrogens (tertiary/aromatic N) is 1. The van der Waals surface area contributed by atoms with Crippen LogP contribution in [0.4, 0.5) is 22.0 Å². The molecule has 0 saturated carbocycles. The summed E-state index contributed by atoms with van der Waals surface area (Å²) in [6.45, 7) is 1.38. The molecule has 12 heteroatoms. The third-order valence-electron chi connectivity index (χ3n) is 3.77. The second-order valence-electron chi connectivity index (χ2n) is 5.24. The number of carboxylic acid groups (broad SMARTS) is 1. The van der Waals surface area contributed by atoms with Gasteiger partial charge in [-0.05, 0) is 23.6 Å². The van der Waals surface area contributed by atoms with Crippen LogP contribution >= 0.6 is 11.6 Å². The molecule has 0 fully saturated rings. The van der Waals surface area contributed by atoms with E-state index in [0.717, 1.165) is 0 Å². The van der Waals surface area contributed by atoms with Crippen LogP contribution in [0.2, 0.25) is 0 Å². The second-order valence-corrected chi connectivity index (χ2v) is 5.58. The van der Waals surface area contributed by atoms with E-state index in [2.05, 4.69) is 9.73 Å². The quantitative estimate of drug-likeness (QED) is 0.317. The highest BCUT2D eigenvalue weighted by Gasteiger charge is 2.68. The van der Waals surface area contributed by atoms with Crippen molar-refractivity contribution in [2.45, 2.75) is 38.4 Å². The number of hydrogen-bond donors (Lipinski definition) is 1. The Bertz CT molecular complexity index is 688. The molecule has 1 heterocycles. The van der Waals surface area contributed by atoms with Crippen LogP contribution in [0.25, 0.3) is 0 Å². The van der Waals surface area contributed by atoms with Crippen LogP contribution in [0.5, 0.6) is 0 Å². The number of esters is 1. The lowest BCUT2D eigenvalue weighted by molar-refractivity contribution is -0.196. The van der Waals surface area contributed by atoms with Gasteiger partial charge in [0.05, 0.1) is 12.7 Å². The van der Waals surface area contributed by atoms with E-state index in [1.54, 1.807) is 0 Å². The summed E-state index contributed by atoms with van der Waals surface area (Å²) in [7, 11) is 0.624. The van der Waals surface area contributed by atoms with Crippen LogP contribution in [-0.4, -0.2) is 53.8 Å². The molecule has 0 aromatic rings. The summed E-state index contributed by atoms with van der Waals surface area (Å²) >= 11 is 5.23. The number of hydrogen-bond acceptors (Lipinski definition) is 5. The van der Waals surface area contributed by atoms with Gasteiger partial charge in [0.15, 0.2) is 6.04 Å². The maximum Gasteiger partial charge on any atom is 0.412 e. The maximum atomic E-state index is 13.5. The number of halogens is 6. The molecular formula is C14H13ClF5NO5. The summed E-state index contributed by atoms with van der Waals surface area (Å²) in [4.78, 5) is 38.4. The molecule has 26 heavy (non-hydrogen) atoms. The van der Waals surface area contributed by atoms with Crippen LogP contribution in [0.1, 0.15) is 19.8 Å². The van der Waals surface area contributed by atoms with Crippen LogP contribution < -0.4 is 0 Å². The number of alkyl halides is 5. The molecule has 0 aromatic heterocycles. The minimum atomic E-state index is -5.51. The SMILES string of the molecule is CCCC1=C(C(=O)Cl)C(C(F)F)=NC(C(F)(F)F)C1(C(=O)O)C(=O)OC. The number of aliphatic carboxylic acids is 1. The molecule has 0 radical (unpaired) electrons. The fourth-order valence-electron chi connectivity index (χ4n) is 2.82. The van der Waals surface area contributed by atoms with Gasteiger partial charge in [-0.25, -0.2) is 8.78 Å². The van der Waals surface area contributed by atoms with E-state index in [-0.39, 0.29) is 6.42 Å². The highest BCUT2D eigenvalue weighted by molar-refractivity contribution is 6.71. The first-order chi connectivity index (χ1) is 11.9. The van der Waals surface area contributed by atoms with Crippen molar-refractivity contribution in [1.29, 1.82) is 0 Å². The predicted octanol–water partition coefficient (Wildman–Crippen LogP) is 2.74. The van der Waals surface area contributed by atoms with Gasteiger partial charge < -0.3 is 9.84 Å². The van der Waals surface area contributed by atoms with Crippen molar-refractivity contribution in [3.05, 3.63) is 11.1 Å². The zero-order valence-corrected chi connectivity index (χ0v) is 14.1. The molecule has 1 aliphatic heterocycles. The van der Waals surface area contributed by atoms with Gasteiger partial charge in [-0.2, -0.15) is 13.2 Å². The topological polar surface area (TPSA) is 93.0 Å². The highest BCUT2D eigenvalue weighted by Crippen LogP contribution is 2.49. The number of allylic oxidation sites excluding steroid dienone is 1. The number of carboxylic acids is 1. The summed E-state index contributed by atoms with van der Waals surface area (Å²) < 4.78 is 71.2. The van der Waals surface area contributed by atoms with Gasteiger partial charge in [0.2, 0.25) is 5.41 Å². The highest BCUT2D eigenvalue weighted by atomic mass is 35.5. The summed E-state index contributed by atoms with van der Waals surface area (Å²) in [5.74, 6) is -4.24. The smallest absolute Gasteiger partial charge is 0.412 e. The standard InChI is InChI=1S/C14H13ClF5NO5/c1-3-4-5-6(8(15)22)7(9(16)17)21-10(14(18,19)20)13(5,11(23)24)12(25)26-2/h9-10H,3-4H2,1-2H3,(H,23,24). The Morgan fingerprint density at radius 1 is 1.35 bits per heavy atom. The number of methoxy groups -OCH3 is 1. The molecule has 146 valence electrons. The number of carbonyl (C=O) groups is 3. The van der Waals surface area contributed by atoms with E-state index in [9.17, 15) is 41.4 Å². The monoisotopic (exact) mass is 405 g/mol. The lowest BCUT2D eigenvalue weighted by atomic mass is 9.67. The molecule has 0 aromatic carbocycles. The fraction of sp³-hybridized carbons (Fsp3) is 0.571. The average Bonchev–Trinajstić information content (AvgIpc) is 2.51. The molecule has 0 bridgehead atoms. The van der Waals surface area contributed by atoms with Gasteiger partial charge in [0.1, 0.15) is 5.71 Å². The van der Waals surface area contributed by atoms with E-state index in [4.69, 9.17) is 11.6 Å². The third-order valence-corrected chi connectivity index (χ3v) is 3.96. The van der Waals surface area contributed by atoms with E-state index in [1.807, 2.05) is 0 Å². The molecule has 0 spiro atoms. The maximum absolute atomic E-state index is 13.5. The van der Waals surface area contributed by atoms with Crippen molar-refractivity contribution in [3.8, 4) is 0 Å². The Labute approximate surface area is 148 Å². The van der Waals surface area contributed by atoms with E-state index in [1.165, 1.54) is 6.92 Å². The molecule has 0 amide bonds. The molecule has 0 aliphatic carbocycles. The number of carbonyl (C=O) groups excluding carboxylic acids is 2. The van der Waals surface area contributed by atoms with Crippen molar-refractivity contribution in [1.82, 2.24) is 0 Å². The first kappa shape index (κ1) is 22.0. The summed E-state index contributed by atoms with van der Waals surface area (Å²) in [6.07, 6.45) is -9.84. The predicted molar refractivity (Wildman–Crippen MR) is 78.2 cm³/mol. The van der Waals surface area contributed by atoms with Crippen molar-refractivity contribution in [3.63, 3.8) is 0 Å². The van der Waals surface area contributed by atoms with Crippen molar-refractivity contribution in [2.24, 2.45) is 10.4 Å². The van der Waals surface area contributed by atoms with Crippen LogP contribution in [0, 0.1) is 5.41 Å². The minimum absolute atomic E-state index is 0.0733. The lowest BCUT2D eigenvalue weighted by Crippen LogP contribution is -2.59. The lowest BCUT2D eigenvalue weighted by Gasteiger charge is -2.39. The van der Waals surface area contributed by atoms with Crippen molar-refractivity contribution in [2.75, 3.05) is 7.11 Å². The normalized spacial score (nSPS) is 23.7. The fourth-order valence-corrected chi connectivity index (χ4v) is 3.03. The van der Waals surface area contributed by atoms with Crippen LogP contribution in [-0.2, 0) is 19.1 Å². The Morgan fingerprint density at radius 3 is 2.19 bits per heavy atom.